The summed E-state index contributed by atoms with van der Waals surface area (Å²) in [6.07, 6.45) is 3.30. The summed E-state index contributed by atoms with van der Waals surface area (Å²) in [6, 6.07) is 38.5. The molecule has 0 aliphatic heterocycles. The monoisotopic (exact) mass is 892 g/mol. The van der Waals surface area contributed by atoms with Gasteiger partial charge < -0.3 is 29.6 Å². The summed E-state index contributed by atoms with van der Waals surface area (Å²) in [7, 11) is 6.43. The van der Waals surface area contributed by atoms with Gasteiger partial charge >= 0.3 is 0 Å². The number of carbonyl (C=O) groups is 2. The van der Waals surface area contributed by atoms with E-state index < -0.39 is 0 Å². The van der Waals surface area contributed by atoms with Crippen LogP contribution in [-0.4, -0.2) is 74.8 Å². The molecule has 0 radical (unpaired) electrons. The first-order valence-corrected chi connectivity index (χ1v) is 22.5. The minimum Gasteiger partial charge on any atom is -0.497 e. The number of carbonyl (C=O) groups excluding carboxylic acids is 2. The Morgan fingerprint density at radius 2 is 0.812 bits per heavy atom. The average molecular weight is 893 g/mol. The van der Waals surface area contributed by atoms with Crippen molar-refractivity contribution in [2.24, 2.45) is 0 Å². The van der Waals surface area contributed by atoms with Crippen LogP contribution >= 0.6 is 23.5 Å². The van der Waals surface area contributed by atoms with Crippen LogP contribution in [0.5, 0.6) is 23.0 Å². The largest absolute Gasteiger partial charge is 0.497 e. The molecule has 0 spiro atoms. The van der Waals surface area contributed by atoms with Gasteiger partial charge in [-0.2, -0.15) is 10.5 Å². The maximum atomic E-state index is 13.0. The third kappa shape index (κ3) is 12.3. The molecule has 0 aliphatic rings. The lowest BCUT2D eigenvalue weighted by Gasteiger charge is -2.13. The predicted molar refractivity (Wildman–Crippen MR) is 252 cm³/mol. The average Bonchev–Trinajstić information content (AvgIpc) is 3.35. The molecule has 14 heteroatoms. The van der Waals surface area contributed by atoms with Gasteiger partial charge in [0.1, 0.15) is 45.2 Å². The number of nitriles is 2. The van der Waals surface area contributed by atoms with Crippen LogP contribution in [0.1, 0.15) is 36.8 Å². The van der Waals surface area contributed by atoms with Crippen molar-refractivity contribution >= 4 is 35.3 Å². The predicted octanol–water partition coefficient (Wildman–Crippen LogP) is 9.60. The smallest absolute Gasteiger partial charge is 0.230 e. The number of hydrogen-bond acceptors (Lipinski definition) is 12. The van der Waals surface area contributed by atoms with E-state index in [4.69, 9.17) is 28.9 Å². The number of methoxy groups -OCH3 is 4. The van der Waals surface area contributed by atoms with Gasteiger partial charge in [-0.3, -0.25) is 9.59 Å². The highest BCUT2D eigenvalue weighted by Crippen LogP contribution is 2.37. The summed E-state index contributed by atoms with van der Waals surface area (Å²) in [6.45, 7) is 1.01. The van der Waals surface area contributed by atoms with E-state index in [-0.39, 0.29) is 23.3 Å². The second kappa shape index (κ2) is 23.4. The molecule has 0 aliphatic carbocycles. The highest BCUT2D eigenvalue weighted by molar-refractivity contribution is 8.00. The van der Waals surface area contributed by atoms with Gasteiger partial charge in [0, 0.05) is 35.3 Å². The Hall–Kier alpha value is -7.00. The zero-order valence-corrected chi connectivity index (χ0v) is 37.7. The molecule has 0 bridgehead atoms. The van der Waals surface area contributed by atoms with Gasteiger partial charge in [-0.25, -0.2) is 9.97 Å². The van der Waals surface area contributed by atoms with Crippen molar-refractivity contribution < 1.29 is 28.5 Å². The Kier molecular flexibility index (Phi) is 17.0. The zero-order valence-electron chi connectivity index (χ0n) is 36.1. The van der Waals surface area contributed by atoms with Crippen LogP contribution in [0.15, 0.2) is 119 Å². The van der Waals surface area contributed by atoms with Gasteiger partial charge in [0.05, 0.1) is 62.5 Å². The molecular formula is C50H48N6O6S2. The van der Waals surface area contributed by atoms with E-state index in [0.717, 1.165) is 59.4 Å². The van der Waals surface area contributed by atoms with E-state index in [2.05, 4.69) is 22.8 Å². The third-order valence-electron chi connectivity index (χ3n) is 10.2. The Labute approximate surface area is 382 Å². The van der Waals surface area contributed by atoms with Crippen molar-refractivity contribution in [1.82, 2.24) is 20.6 Å². The Morgan fingerprint density at radius 1 is 0.500 bits per heavy atom. The minimum atomic E-state index is -0.152. The first kappa shape index (κ1) is 46.5. The van der Waals surface area contributed by atoms with Crippen molar-refractivity contribution in [2.75, 3.05) is 53.0 Å². The first-order valence-electron chi connectivity index (χ1n) is 20.5. The van der Waals surface area contributed by atoms with Crippen LogP contribution in [0.2, 0.25) is 0 Å². The zero-order chi connectivity index (χ0) is 45.3. The standard InChI is InChI=1S/C50H48N6O6S2/c1-59-37-17-9-33(10-18-37)41-27-45(35-13-21-39(61-3)22-14-35)55-49(43(41)29-51)63-31-47(57)53-25-7-5-6-8-26-54-48(58)32-64-50-44(30-52)42(34-11-19-38(60-2)20-12-34)28-46(56-50)36-15-23-40(62-4)24-16-36/h9-24,27-28H,5-8,25-26,31-32H2,1-4H3,(H,53,57)(H,54,58). The number of nitrogens with zero attached hydrogens (tertiary/aromatic N) is 4. The SMILES string of the molecule is COc1ccc(-c2cc(-c3ccc(OC)cc3)c(C#N)c(SCC(=O)NCCCCCCNC(=O)CSc3nc(-c4ccc(OC)cc4)cc(-c4ccc(OC)cc4)c3C#N)n2)cc1. The lowest BCUT2D eigenvalue weighted by atomic mass is 9.99. The summed E-state index contributed by atoms with van der Waals surface area (Å²) >= 11 is 2.46. The molecule has 0 unspecified atom stereocenters. The quantitative estimate of drug-likeness (QED) is 0.0519. The van der Waals surface area contributed by atoms with Crippen LogP contribution in [0.25, 0.3) is 44.8 Å². The van der Waals surface area contributed by atoms with Crippen LogP contribution in [0, 0.1) is 22.7 Å². The first-order chi connectivity index (χ1) is 31.3. The number of thioether (sulfide) groups is 2. The van der Waals surface area contributed by atoms with E-state index in [0.29, 0.717) is 68.3 Å². The van der Waals surface area contributed by atoms with Gasteiger partial charge in [0.2, 0.25) is 11.8 Å². The van der Waals surface area contributed by atoms with Crippen molar-refractivity contribution in [2.45, 2.75) is 35.7 Å². The Morgan fingerprint density at radius 3 is 1.11 bits per heavy atom. The molecule has 2 amide bonds. The van der Waals surface area contributed by atoms with E-state index in [9.17, 15) is 20.1 Å². The van der Waals surface area contributed by atoms with Crippen molar-refractivity contribution in [3.05, 3.63) is 120 Å². The van der Waals surface area contributed by atoms with Gasteiger partial charge in [0.25, 0.3) is 0 Å². The summed E-state index contributed by atoms with van der Waals surface area (Å²) in [5.74, 6) is 2.73. The summed E-state index contributed by atoms with van der Waals surface area (Å²) in [5.41, 5.74) is 6.92. The molecule has 64 heavy (non-hydrogen) atoms. The van der Waals surface area contributed by atoms with E-state index in [1.54, 1.807) is 28.4 Å². The summed E-state index contributed by atoms with van der Waals surface area (Å²) < 4.78 is 21.3. The Bertz CT molecular complexity index is 2430. The van der Waals surface area contributed by atoms with Gasteiger partial charge in [0.15, 0.2) is 0 Å². The van der Waals surface area contributed by atoms with E-state index in [1.165, 1.54) is 23.5 Å². The maximum Gasteiger partial charge on any atom is 0.230 e. The molecule has 6 aromatic rings. The lowest BCUT2D eigenvalue weighted by molar-refractivity contribution is -0.119. The van der Waals surface area contributed by atoms with Gasteiger partial charge in [-0.15, -0.1) is 0 Å². The van der Waals surface area contributed by atoms with Crippen LogP contribution in [0.3, 0.4) is 0 Å². The molecule has 0 fully saturated rings. The van der Waals surface area contributed by atoms with Crippen molar-refractivity contribution in [1.29, 1.82) is 10.5 Å². The van der Waals surface area contributed by atoms with E-state index in [1.807, 2.05) is 109 Å². The number of hydrogen-bond donors (Lipinski definition) is 2. The molecule has 326 valence electrons. The number of benzene rings is 4. The Balaban J connectivity index is 0.973. The normalized spacial score (nSPS) is 10.6. The topological polar surface area (TPSA) is 168 Å². The number of ether oxygens (including phenoxy) is 4. The molecule has 6 rings (SSSR count). The fourth-order valence-electron chi connectivity index (χ4n) is 6.71. The third-order valence-corrected chi connectivity index (χ3v) is 12.1. The van der Waals surface area contributed by atoms with E-state index >= 15 is 0 Å². The fourth-order valence-corrected chi connectivity index (χ4v) is 8.38. The molecule has 4 aromatic carbocycles. The summed E-state index contributed by atoms with van der Waals surface area (Å²) in [5, 5.41) is 27.5. The van der Waals surface area contributed by atoms with Crippen LogP contribution in [0.4, 0.5) is 0 Å². The molecule has 2 heterocycles. The fraction of sp³-hybridized carbons (Fsp3) is 0.240. The molecular weight excluding hydrogens is 845 g/mol. The van der Waals surface area contributed by atoms with Gasteiger partial charge in [-0.1, -0.05) is 60.6 Å². The molecule has 2 N–H and O–H groups in total. The van der Waals surface area contributed by atoms with Crippen LogP contribution < -0.4 is 29.6 Å². The number of nitrogens with one attached hydrogen (secondary N) is 2. The molecule has 12 nitrogen and oxygen atoms in total. The van der Waals surface area contributed by atoms with Gasteiger partial charge in [-0.05, 0) is 109 Å². The lowest BCUT2D eigenvalue weighted by Crippen LogP contribution is -2.27. The molecule has 2 aromatic heterocycles. The number of unbranched alkanes of at least 4 members (excludes halogenated alkanes) is 3. The second-order valence-electron chi connectivity index (χ2n) is 14.3. The summed E-state index contributed by atoms with van der Waals surface area (Å²) in [4.78, 5) is 35.6. The molecule has 0 saturated heterocycles. The minimum absolute atomic E-state index is 0.0970. The number of amides is 2. The van der Waals surface area contributed by atoms with Crippen molar-refractivity contribution in [3.8, 4) is 79.9 Å². The molecule has 0 saturated carbocycles. The second-order valence-corrected chi connectivity index (χ2v) is 16.2. The van der Waals surface area contributed by atoms with Crippen LogP contribution in [-0.2, 0) is 9.59 Å². The molecule has 0 atom stereocenters. The number of rotatable bonds is 21. The number of aromatic nitrogens is 2. The number of pyridine rings is 2. The maximum absolute atomic E-state index is 13.0. The highest BCUT2D eigenvalue weighted by Gasteiger charge is 2.19. The van der Waals surface area contributed by atoms with Crippen molar-refractivity contribution in [3.63, 3.8) is 0 Å². The highest BCUT2D eigenvalue weighted by atomic mass is 32.2.